The monoisotopic (exact) mass is 329 g/mol. The maximum Gasteiger partial charge on any atom is 0.245 e. The van der Waals surface area contributed by atoms with Gasteiger partial charge in [0.2, 0.25) is 11.8 Å². The highest BCUT2D eigenvalue weighted by atomic mass is 32.1. The Morgan fingerprint density at radius 3 is 2.61 bits per heavy atom. The van der Waals surface area contributed by atoms with Crippen LogP contribution in [-0.4, -0.2) is 23.3 Å². The van der Waals surface area contributed by atoms with E-state index in [1.54, 1.807) is 0 Å². The Morgan fingerprint density at radius 2 is 1.96 bits per heavy atom. The molecule has 0 saturated heterocycles. The zero-order valence-electron chi connectivity index (χ0n) is 13.2. The van der Waals surface area contributed by atoms with Gasteiger partial charge in [-0.2, -0.15) is 0 Å². The predicted octanol–water partition coefficient (Wildman–Crippen LogP) is 2.59. The van der Waals surface area contributed by atoms with Crippen molar-refractivity contribution in [3.05, 3.63) is 58.6 Å². The fourth-order valence-corrected chi connectivity index (χ4v) is 2.95. The minimum atomic E-state index is -0.379. The van der Waals surface area contributed by atoms with Gasteiger partial charge in [0.15, 0.2) is 5.13 Å². The number of thiazole rings is 1. The molecule has 0 unspecified atom stereocenters. The summed E-state index contributed by atoms with van der Waals surface area (Å²) < 4.78 is 0. The highest BCUT2D eigenvalue weighted by molar-refractivity contribution is 7.15. The lowest BCUT2D eigenvalue weighted by Gasteiger charge is -2.02. The van der Waals surface area contributed by atoms with Crippen molar-refractivity contribution in [2.24, 2.45) is 0 Å². The highest BCUT2D eigenvalue weighted by Gasteiger charge is 2.11. The van der Waals surface area contributed by atoms with Gasteiger partial charge in [-0.05, 0) is 25.5 Å². The third-order valence-corrected chi connectivity index (χ3v) is 4.31. The molecular weight excluding hydrogens is 310 g/mol. The number of rotatable bonds is 6. The molecule has 0 aliphatic rings. The fourth-order valence-electron chi connectivity index (χ4n) is 1.94. The molecule has 1 aromatic carbocycles. The number of aromatic nitrogens is 1. The van der Waals surface area contributed by atoms with Crippen molar-refractivity contribution in [2.75, 3.05) is 11.9 Å². The maximum atomic E-state index is 11.8. The van der Waals surface area contributed by atoms with Crippen LogP contribution in [-0.2, 0) is 16.0 Å². The van der Waals surface area contributed by atoms with Crippen LogP contribution in [0.5, 0.6) is 0 Å². The van der Waals surface area contributed by atoms with Gasteiger partial charge in [-0.3, -0.25) is 9.59 Å². The first-order chi connectivity index (χ1) is 11.0. The second kappa shape index (κ2) is 7.69. The Hall–Kier alpha value is -2.47. The van der Waals surface area contributed by atoms with E-state index < -0.39 is 0 Å². The summed E-state index contributed by atoms with van der Waals surface area (Å²) in [5, 5.41) is 5.67. The van der Waals surface area contributed by atoms with Crippen molar-refractivity contribution in [1.82, 2.24) is 10.3 Å². The minimum Gasteiger partial charge on any atom is -0.343 e. The molecule has 6 heteroatoms. The van der Waals surface area contributed by atoms with Gasteiger partial charge in [0.1, 0.15) is 0 Å². The molecule has 120 valence electrons. The van der Waals surface area contributed by atoms with E-state index in [-0.39, 0.29) is 18.4 Å². The third-order valence-electron chi connectivity index (χ3n) is 3.23. The molecule has 1 heterocycles. The van der Waals surface area contributed by atoms with Crippen LogP contribution in [0.2, 0.25) is 0 Å². The van der Waals surface area contributed by atoms with Crippen LogP contribution in [0.25, 0.3) is 0 Å². The van der Waals surface area contributed by atoms with Crippen molar-refractivity contribution in [3.8, 4) is 0 Å². The molecule has 1 aromatic heterocycles. The largest absolute Gasteiger partial charge is 0.343 e. The summed E-state index contributed by atoms with van der Waals surface area (Å²) in [5.41, 5.74) is 3.34. The van der Waals surface area contributed by atoms with Crippen molar-refractivity contribution in [3.63, 3.8) is 0 Å². The van der Waals surface area contributed by atoms with Crippen molar-refractivity contribution < 1.29 is 9.59 Å². The Bertz CT molecular complexity index is 720. The second-order valence-corrected chi connectivity index (χ2v) is 6.24. The summed E-state index contributed by atoms with van der Waals surface area (Å²) in [5.74, 6) is -0.689. The molecule has 0 atom stereocenters. The van der Waals surface area contributed by atoms with Gasteiger partial charge >= 0.3 is 0 Å². The van der Waals surface area contributed by atoms with Crippen LogP contribution in [0.1, 0.15) is 21.7 Å². The normalized spacial score (nSPS) is 10.2. The summed E-state index contributed by atoms with van der Waals surface area (Å²) in [6, 6.07) is 8.35. The lowest BCUT2D eigenvalue weighted by atomic mass is 10.1. The van der Waals surface area contributed by atoms with Crippen LogP contribution in [0.4, 0.5) is 5.13 Å². The van der Waals surface area contributed by atoms with Gasteiger partial charge in [0, 0.05) is 11.3 Å². The van der Waals surface area contributed by atoms with Gasteiger partial charge in [0.05, 0.1) is 12.2 Å². The molecule has 0 fully saturated rings. The lowest BCUT2D eigenvalue weighted by molar-refractivity contribution is -0.121. The summed E-state index contributed by atoms with van der Waals surface area (Å²) >= 11 is 1.45. The molecule has 2 aromatic rings. The van der Waals surface area contributed by atoms with Crippen LogP contribution in [0, 0.1) is 13.8 Å². The molecule has 5 nitrogen and oxygen atoms in total. The molecule has 0 saturated carbocycles. The average molecular weight is 329 g/mol. The number of nitrogens with one attached hydrogen (secondary N) is 2. The van der Waals surface area contributed by atoms with E-state index in [4.69, 9.17) is 0 Å². The number of amides is 2. The molecule has 2 N–H and O–H groups in total. The number of hydrogen-bond acceptors (Lipinski definition) is 4. The minimum absolute atomic E-state index is 0.100. The lowest BCUT2D eigenvalue weighted by Crippen LogP contribution is -2.31. The number of aryl methyl sites for hydroxylation is 2. The number of hydrogen-bond donors (Lipinski definition) is 2. The first kappa shape index (κ1) is 16.9. The van der Waals surface area contributed by atoms with Gasteiger partial charge in [-0.1, -0.05) is 36.4 Å². The second-order valence-electron chi connectivity index (χ2n) is 5.16. The maximum absolute atomic E-state index is 11.8. The van der Waals surface area contributed by atoms with E-state index in [0.717, 1.165) is 23.1 Å². The molecule has 0 aliphatic carbocycles. The Labute approximate surface area is 139 Å². The van der Waals surface area contributed by atoms with Crippen LogP contribution in [0.3, 0.4) is 0 Å². The summed E-state index contributed by atoms with van der Waals surface area (Å²) in [7, 11) is 0. The smallest absolute Gasteiger partial charge is 0.245 e. The van der Waals surface area contributed by atoms with Crippen molar-refractivity contribution in [2.45, 2.75) is 20.3 Å². The SMILES string of the molecule is C=CC(=O)NCC(=O)Nc1nc(C)c(Cc2ccc(C)cc2)s1. The fraction of sp³-hybridized carbons (Fsp3) is 0.235. The number of benzene rings is 1. The average Bonchev–Trinajstić information content (AvgIpc) is 2.86. The first-order valence-corrected chi connectivity index (χ1v) is 8.01. The van der Waals surface area contributed by atoms with Gasteiger partial charge < -0.3 is 10.6 Å². The van der Waals surface area contributed by atoms with Crippen LogP contribution >= 0.6 is 11.3 Å². The Morgan fingerprint density at radius 1 is 1.26 bits per heavy atom. The summed E-state index contributed by atoms with van der Waals surface area (Å²) in [4.78, 5) is 28.3. The number of carbonyl (C=O) groups is 2. The molecule has 23 heavy (non-hydrogen) atoms. The molecule has 2 rings (SSSR count). The standard InChI is InChI=1S/C17H19N3O2S/c1-4-15(21)18-10-16(22)20-17-19-12(3)14(23-17)9-13-7-5-11(2)6-8-13/h4-8H,1,9-10H2,2-3H3,(H,18,21)(H,19,20,22). The van der Waals surface area contributed by atoms with E-state index in [0.29, 0.717) is 5.13 Å². The van der Waals surface area contributed by atoms with E-state index >= 15 is 0 Å². The predicted molar refractivity (Wildman–Crippen MR) is 92.7 cm³/mol. The summed E-state index contributed by atoms with van der Waals surface area (Å²) in [6.45, 7) is 7.21. The Balaban J connectivity index is 1.97. The number of anilines is 1. The molecule has 0 spiro atoms. The van der Waals surface area contributed by atoms with E-state index in [1.165, 1.54) is 22.5 Å². The molecule has 0 radical (unpaired) electrons. The zero-order valence-corrected chi connectivity index (χ0v) is 14.0. The number of nitrogens with zero attached hydrogens (tertiary/aromatic N) is 1. The summed E-state index contributed by atoms with van der Waals surface area (Å²) in [6.07, 6.45) is 1.91. The topological polar surface area (TPSA) is 71.1 Å². The quantitative estimate of drug-likeness (QED) is 0.800. The zero-order chi connectivity index (χ0) is 16.8. The molecule has 0 aliphatic heterocycles. The van der Waals surface area contributed by atoms with Crippen molar-refractivity contribution in [1.29, 1.82) is 0 Å². The van der Waals surface area contributed by atoms with Crippen LogP contribution in [0.15, 0.2) is 36.9 Å². The highest BCUT2D eigenvalue weighted by Crippen LogP contribution is 2.25. The van der Waals surface area contributed by atoms with E-state index in [9.17, 15) is 9.59 Å². The van der Waals surface area contributed by atoms with Crippen LogP contribution < -0.4 is 10.6 Å². The number of carbonyl (C=O) groups excluding carboxylic acids is 2. The molecule has 2 amide bonds. The van der Waals surface area contributed by atoms with Gasteiger partial charge in [-0.25, -0.2) is 4.98 Å². The molecule has 0 bridgehead atoms. The Kier molecular flexibility index (Phi) is 5.65. The molecular formula is C17H19N3O2S. The van der Waals surface area contributed by atoms with Gasteiger partial charge in [0.25, 0.3) is 0 Å². The first-order valence-electron chi connectivity index (χ1n) is 7.20. The third kappa shape index (κ3) is 5.03. The van der Waals surface area contributed by atoms with E-state index in [1.807, 2.05) is 6.92 Å². The van der Waals surface area contributed by atoms with Gasteiger partial charge in [-0.15, -0.1) is 11.3 Å². The van der Waals surface area contributed by atoms with Crippen molar-refractivity contribution >= 4 is 28.3 Å². The van der Waals surface area contributed by atoms with E-state index in [2.05, 4.69) is 53.4 Å².